The quantitative estimate of drug-likeness (QED) is 0.738. The first-order chi connectivity index (χ1) is 11.5. The average molecular weight is 334 g/mol. The van der Waals surface area contributed by atoms with Crippen molar-refractivity contribution in [2.24, 2.45) is 0 Å². The van der Waals surface area contributed by atoms with E-state index in [2.05, 4.69) is 15.6 Å². The van der Waals surface area contributed by atoms with Gasteiger partial charge in [0.15, 0.2) is 17.3 Å². The molecule has 0 aliphatic rings. The molecule has 0 bridgehead atoms. The highest BCUT2D eigenvalue weighted by Gasteiger charge is 2.10. The van der Waals surface area contributed by atoms with Crippen LogP contribution < -0.4 is 14.8 Å². The lowest BCUT2D eigenvalue weighted by Gasteiger charge is -2.09. The number of aromatic nitrogens is 3. The minimum Gasteiger partial charge on any atom is -0.493 e. The number of carbonyl (C=O) groups is 2. The number of hydrogen-bond donors (Lipinski definition) is 2. The maximum absolute atomic E-state index is 11.9. The molecule has 0 saturated carbocycles. The molecular formula is C15H18N4O5. The highest BCUT2D eigenvalue weighted by molar-refractivity contribution is 5.89. The number of amides is 1. The summed E-state index contributed by atoms with van der Waals surface area (Å²) in [4.78, 5) is 22.5. The van der Waals surface area contributed by atoms with Crippen LogP contribution in [-0.4, -0.2) is 46.2 Å². The van der Waals surface area contributed by atoms with Gasteiger partial charge in [-0.05, 0) is 24.1 Å². The number of aliphatic carboxylic acids is 1. The molecule has 0 unspecified atom stereocenters. The van der Waals surface area contributed by atoms with Crippen LogP contribution in [-0.2, 0) is 22.6 Å². The Bertz CT molecular complexity index is 728. The Morgan fingerprint density at radius 1 is 1.25 bits per heavy atom. The molecule has 1 aromatic carbocycles. The van der Waals surface area contributed by atoms with E-state index >= 15 is 0 Å². The standard InChI is InChI=1S/C15H18N4O5/c1-23-11-5-3-10(7-12(11)24-2)4-6-14(20)16-13-8-19(18-17-13)9-15(21)22/h3,5,7-8H,4,6,9H2,1-2H3,(H,16,20)(H,21,22). The Kier molecular flexibility index (Phi) is 5.72. The van der Waals surface area contributed by atoms with Crippen molar-refractivity contribution in [3.05, 3.63) is 30.0 Å². The number of benzene rings is 1. The van der Waals surface area contributed by atoms with Crippen LogP contribution in [0.1, 0.15) is 12.0 Å². The zero-order valence-electron chi connectivity index (χ0n) is 13.4. The van der Waals surface area contributed by atoms with Crippen molar-refractivity contribution < 1.29 is 24.2 Å². The maximum Gasteiger partial charge on any atom is 0.325 e. The number of nitrogens with one attached hydrogen (secondary N) is 1. The van der Waals surface area contributed by atoms with Crippen molar-refractivity contribution in [3.63, 3.8) is 0 Å². The van der Waals surface area contributed by atoms with Gasteiger partial charge in [0.05, 0.1) is 20.4 Å². The molecule has 9 heteroatoms. The number of rotatable bonds is 8. The van der Waals surface area contributed by atoms with Gasteiger partial charge in [-0.3, -0.25) is 9.59 Å². The van der Waals surface area contributed by atoms with Crippen molar-refractivity contribution in [1.29, 1.82) is 0 Å². The molecule has 1 amide bonds. The molecule has 1 heterocycles. The summed E-state index contributed by atoms with van der Waals surface area (Å²) in [6.07, 6.45) is 2.11. The normalized spacial score (nSPS) is 10.2. The molecule has 0 spiro atoms. The van der Waals surface area contributed by atoms with Gasteiger partial charge < -0.3 is 19.9 Å². The van der Waals surface area contributed by atoms with Gasteiger partial charge in [-0.2, -0.15) is 0 Å². The predicted octanol–water partition coefficient (Wildman–Crippen LogP) is 0.951. The van der Waals surface area contributed by atoms with Crippen molar-refractivity contribution >= 4 is 17.7 Å². The van der Waals surface area contributed by atoms with Crippen LogP contribution in [0, 0.1) is 0 Å². The summed E-state index contributed by atoms with van der Waals surface area (Å²) in [6, 6.07) is 5.45. The fourth-order valence-corrected chi connectivity index (χ4v) is 2.07. The van der Waals surface area contributed by atoms with E-state index in [9.17, 15) is 9.59 Å². The highest BCUT2D eigenvalue weighted by Crippen LogP contribution is 2.27. The number of carbonyl (C=O) groups excluding carboxylic acids is 1. The van der Waals surface area contributed by atoms with E-state index < -0.39 is 5.97 Å². The molecule has 0 fully saturated rings. The first-order valence-corrected chi connectivity index (χ1v) is 7.14. The Hall–Kier alpha value is -3.10. The fraction of sp³-hybridized carbons (Fsp3) is 0.333. The van der Waals surface area contributed by atoms with Crippen molar-refractivity contribution in [2.75, 3.05) is 19.5 Å². The smallest absolute Gasteiger partial charge is 0.325 e. The maximum atomic E-state index is 11.9. The summed E-state index contributed by atoms with van der Waals surface area (Å²) in [5.41, 5.74) is 0.928. The Labute approximate surface area is 138 Å². The van der Waals surface area contributed by atoms with Crippen molar-refractivity contribution in [1.82, 2.24) is 15.0 Å². The Balaban J connectivity index is 1.89. The van der Waals surface area contributed by atoms with E-state index in [0.29, 0.717) is 17.9 Å². The van der Waals surface area contributed by atoms with E-state index in [4.69, 9.17) is 14.6 Å². The lowest BCUT2D eigenvalue weighted by molar-refractivity contribution is -0.137. The van der Waals surface area contributed by atoms with Crippen LogP contribution in [0.3, 0.4) is 0 Å². The van der Waals surface area contributed by atoms with Gasteiger partial charge in [-0.25, -0.2) is 4.68 Å². The molecule has 0 radical (unpaired) electrons. The molecule has 0 atom stereocenters. The molecule has 2 aromatic rings. The van der Waals surface area contributed by atoms with Crippen LogP contribution in [0.25, 0.3) is 0 Å². The molecule has 0 saturated heterocycles. The van der Waals surface area contributed by atoms with Gasteiger partial charge in [0.2, 0.25) is 5.91 Å². The third kappa shape index (κ3) is 4.70. The number of methoxy groups -OCH3 is 2. The van der Waals surface area contributed by atoms with E-state index in [0.717, 1.165) is 10.2 Å². The van der Waals surface area contributed by atoms with Gasteiger partial charge >= 0.3 is 5.97 Å². The second-order valence-electron chi connectivity index (χ2n) is 4.93. The van der Waals surface area contributed by atoms with Gasteiger partial charge in [0, 0.05) is 6.42 Å². The summed E-state index contributed by atoms with van der Waals surface area (Å²) in [5.74, 6) is 0.166. The largest absolute Gasteiger partial charge is 0.493 e. The Morgan fingerprint density at radius 3 is 2.67 bits per heavy atom. The predicted molar refractivity (Wildman–Crippen MR) is 84.2 cm³/mol. The molecule has 9 nitrogen and oxygen atoms in total. The number of aryl methyl sites for hydroxylation is 1. The fourth-order valence-electron chi connectivity index (χ4n) is 2.07. The van der Waals surface area contributed by atoms with Crippen LogP contribution in [0.4, 0.5) is 5.82 Å². The summed E-state index contributed by atoms with van der Waals surface area (Å²) in [5, 5.41) is 18.5. The number of hydrogen-bond acceptors (Lipinski definition) is 6. The number of anilines is 1. The van der Waals surface area contributed by atoms with Crippen LogP contribution >= 0.6 is 0 Å². The van der Waals surface area contributed by atoms with E-state index in [1.165, 1.54) is 6.20 Å². The topological polar surface area (TPSA) is 116 Å². The molecule has 128 valence electrons. The van der Waals surface area contributed by atoms with Gasteiger partial charge in [-0.15, -0.1) is 5.10 Å². The molecule has 24 heavy (non-hydrogen) atoms. The monoisotopic (exact) mass is 334 g/mol. The summed E-state index contributed by atoms with van der Waals surface area (Å²) < 4.78 is 11.5. The number of carboxylic acid groups (broad SMARTS) is 1. The third-order valence-corrected chi connectivity index (χ3v) is 3.19. The number of nitrogens with zero attached hydrogens (tertiary/aromatic N) is 3. The molecule has 0 aliphatic carbocycles. The van der Waals surface area contributed by atoms with Gasteiger partial charge in [0.1, 0.15) is 6.54 Å². The minimum absolute atomic E-state index is 0.216. The third-order valence-electron chi connectivity index (χ3n) is 3.19. The van der Waals surface area contributed by atoms with E-state index in [1.807, 2.05) is 12.1 Å². The molecule has 1 aromatic heterocycles. The van der Waals surface area contributed by atoms with Crippen LogP contribution in [0.2, 0.25) is 0 Å². The zero-order chi connectivity index (χ0) is 17.5. The SMILES string of the molecule is COc1ccc(CCC(=O)Nc2cn(CC(=O)O)nn2)cc1OC. The highest BCUT2D eigenvalue weighted by atomic mass is 16.5. The number of carboxylic acids is 1. The van der Waals surface area contributed by atoms with Gasteiger partial charge in [-0.1, -0.05) is 11.3 Å². The molecule has 2 rings (SSSR count). The second-order valence-corrected chi connectivity index (χ2v) is 4.93. The molecule has 0 aliphatic heterocycles. The average Bonchev–Trinajstić information content (AvgIpc) is 2.98. The van der Waals surface area contributed by atoms with Crippen LogP contribution in [0.5, 0.6) is 11.5 Å². The molecule has 2 N–H and O–H groups in total. The summed E-state index contributed by atoms with van der Waals surface area (Å²) in [7, 11) is 3.11. The minimum atomic E-state index is -1.04. The lowest BCUT2D eigenvalue weighted by atomic mass is 10.1. The van der Waals surface area contributed by atoms with Gasteiger partial charge in [0.25, 0.3) is 0 Å². The first-order valence-electron chi connectivity index (χ1n) is 7.14. The Morgan fingerprint density at radius 2 is 2.00 bits per heavy atom. The molecular weight excluding hydrogens is 316 g/mol. The summed E-state index contributed by atoms with van der Waals surface area (Å²) >= 11 is 0. The zero-order valence-corrected chi connectivity index (χ0v) is 13.4. The second kappa shape index (κ2) is 7.95. The van der Waals surface area contributed by atoms with Crippen molar-refractivity contribution in [3.8, 4) is 11.5 Å². The number of ether oxygens (including phenoxy) is 2. The summed E-state index contributed by atoms with van der Waals surface area (Å²) in [6.45, 7) is -0.311. The van der Waals surface area contributed by atoms with E-state index in [1.54, 1.807) is 20.3 Å². The van der Waals surface area contributed by atoms with E-state index in [-0.39, 0.29) is 24.7 Å². The lowest BCUT2D eigenvalue weighted by Crippen LogP contribution is -2.12. The van der Waals surface area contributed by atoms with Crippen LogP contribution in [0.15, 0.2) is 24.4 Å². The van der Waals surface area contributed by atoms with Crippen molar-refractivity contribution in [2.45, 2.75) is 19.4 Å². The first kappa shape index (κ1) is 17.3.